The lowest BCUT2D eigenvalue weighted by Gasteiger charge is -2.23. The third-order valence-corrected chi connectivity index (χ3v) is 4.59. The van der Waals surface area contributed by atoms with Gasteiger partial charge >= 0.3 is 6.03 Å². The minimum atomic E-state index is -0.473. The molecule has 0 fully saturated rings. The van der Waals surface area contributed by atoms with Crippen molar-refractivity contribution in [2.45, 2.75) is 59.0 Å². The second-order valence-corrected chi connectivity index (χ2v) is 6.80. The van der Waals surface area contributed by atoms with Crippen LogP contribution in [0.15, 0.2) is 24.3 Å². The minimum absolute atomic E-state index is 0.168. The van der Waals surface area contributed by atoms with Gasteiger partial charge in [-0.2, -0.15) is 0 Å². The number of benzene rings is 1. The third kappa shape index (κ3) is 5.64. The molecule has 0 unspecified atom stereocenters. The molecule has 1 rings (SSSR count). The van der Waals surface area contributed by atoms with E-state index in [0.29, 0.717) is 11.8 Å². The molecular weight excluding hydrogens is 302 g/mol. The molecule has 0 aliphatic heterocycles. The minimum Gasteiger partial charge on any atom is -0.341 e. The standard InChI is InChI=1S/C19H31N3O2/c1-7-13(4)15-8-10-16(11-9-15)17(12(2)3)21-14(5)18(23)22-19(24)20-6/h8-14,17,21H,7H2,1-6H3,(H2,20,22,23,24)/p+1/t13-,14+,17+/m1/s1. The molecule has 3 amide bonds. The predicted molar refractivity (Wildman–Crippen MR) is 96.7 cm³/mol. The maximum absolute atomic E-state index is 12.1. The maximum atomic E-state index is 12.1. The molecule has 0 saturated carbocycles. The van der Waals surface area contributed by atoms with Crippen LogP contribution in [0.5, 0.6) is 0 Å². The van der Waals surface area contributed by atoms with Crippen molar-refractivity contribution in [2.75, 3.05) is 7.05 Å². The number of imide groups is 1. The van der Waals surface area contributed by atoms with Crippen LogP contribution in [-0.4, -0.2) is 25.0 Å². The lowest BCUT2D eigenvalue weighted by Crippen LogP contribution is -2.93. The van der Waals surface area contributed by atoms with Crippen LogP contribution in [0, 0.1) is 5.92 Å². The molecular formula is C19H32N3O2+. The zero-order chi connectivity index (χ0) is 18.3. The average molecular weight is 334 g/mol. The van der Waals surface area contributed by atoms with Crippen molar-refractivity contribution in [3.63, 3.8) is 0 Å². The van der Waals surface area contributed by atoms with Crippen LogP contribution in [0.3, 0.4) is 0 Å². The fourth-order valence-corrected chi connectivity index (χ4v) is 2.69. The van der Waals surface area contributed by atoms with E-state index >= 15 is 0 Å². The lowest BCUT2D eigenvalue weighted by atomic mass is 9.91. The molecule has 0 spiro atoms. The van der Waals surface area contributed by atoms with E-state index in [2.05, 4.69) is 62.6 Å². The summed E-state index contributed by atoms with van der Waals surface area (Å²) in [4.78, 5) is 23.4. The van der Waals surface area contributed by atoms with E-state index in [0.717, 1.165) is 6.42 Å². The van der Waals surface area contributed by atoms with Gasteiger partial charge in [0, 0.05) is 18.5 Å². The number of carbonyl (C=O) groups excluding carboxylic acids is 2. The number of hydrogen-bond donors (Lipinski definition) is 3. The van der Waals surface area contributed by atoms with Gasteiger partial charge in [-0.1, -0.05) is 52.0 Å². The van der Waals surface area contributed by atoms with Gasteiger partial charge in [-0.05, 0) is 24.8 Å². The number of urea groups is 1. The number of hydrogen-bond acceptors (Lipinski definition) is 2. The van der Waals surface area contributed by atoms with Crippen molar-refractivity contribution in [1.82, 2.24) is 10.6 Å². The molecule has 1 aromatic rings. The van der Waals surface area contributed by atoms with Crippen molar-refractivity contribution in [1.29, 1.82) is 0 Å². The highest BCUT2D eigenvalue weighted by Crippen LogP contribution is 2.23. The van der Waals surface area contributed by atoms with Gasteiger partial charge in [0.15, 0.2) is 6.04 Å². The first kappa shape index (κ1) is 20.2. The summed E-state index contributed by atoms with van der Waals surface area (Å²) >= 11 is 0. The Bertz CT molecular complexity index is 540. The summed E-state index contributed by atoms with van der Waals surface area (Å²) in [5.74, 6) is 0.642. The first-order chi connectivity index (χ1) is 11.3. The van der Waals surface area contributed by atoms with Crippen molar-refractivity contribution >= 4 is 11.9 Å². The maximum Gasteiger partial charge on any atom is 0.321 e. The molecule has 4 N–H and O–H groups in total. The zero-order valence-corrected chi connectivity index (χ0v) is 15.7. The lowest BCUT2D eigenvalue weighted by molar-refractivity contribution is -0.719. The molecule has 134 valence electrons. The highest BCUT2D eigenvalue weighted by molar-refractivity contribution is 5.95. The molecule has 0 bridgehead atoms. The highest BCUT2D eigenvalue weighted by Gasteiger charge is 2.26. The Balaban J connectivity index is 2.83. The molecule has 5 nitrogen and oxygen atoms in total. The molecule has 0 aromatic heterocycles. The Morgan fingerprint density at radius 2 is 1.58 bits per heavy atom. The Morgan fingerprint density at radius 1 is 1.04 bits per heavy atom. The average Bonchev–Trinajstić information content (AvgIpc) is 2.58. The van der Waals surface area contributed by atoms with E-state index < -0.39 is 6.03 Å². The predicted octanol–water partition coefficient (Wildman–Crippen LogP) is 2.30. The van der Waals surface area contributed by atoms with Crippen molar-refractivity contribution < 1.29 is 14.9 Å². The van der Waals surface area contributed by atoms with Gasteiger partial charge in [-0.25, -0.2) is 4.79 Å². The largest absolute Gasteiger partial charge is 0.341 e. The van der Waals surface area contributed by atoms with Crippen molar-refractivity contribution in [3.8, 4) is 0 Å². The number of rotatable bonds is 7. The van der Waals surface area contributed by atoms with Gasteiger partial charge in [-0.3, -0.25) is 10.1 Å². The van der Waals surface area contributed by atoms with Gasteiger partial charge in [0.05, 0.1) is 0 Å². The Morgan fingerprint density at radius 3 is 2.04 bits per heavy atom. The fourth-order valence-electron chi connectivity index (χ4n) is 2.69. The van der Waals surface area contributed by atoms with Crippen LogP contribution in [0.25, 0.3) is 0 Å². The molecule has 3 atom stereocenters. The van der Waals surface area contributed by atoms with Gasteiger partial charge in [0.1, 0.15) is 6.04 Å². The summed E-state index contributed by atoms with van der Waals surface area (Å²) in [6.07, 6.45) is 1.12. The van der Waals surface area contributed by atoms with Crippen LogP contribution in [0.4, 0.5) is 4.79 Å². The Kier molecular flexibility index (Phi) is 7.92. The van der Waals surface area contributed by atoms with E-state index in [1.165, 1.54) is 18.2 Å². The van der Waals surface area contributed by atoms with Gasteiger partial charge in [0.25, 0.3) is 5.91 Å². The van der Waals surface area contributed by atoms with Crippen LogP contribution < -0.4 is 16.0 Å². The van der Waals surface area contributed by atoms with E-state index in [1.54, 1.807) is 0 Å². The second kappa shape index (κ2) is 9.42. The van der Waals surface area contributed by atoms with Gasteiger partial charge < -0.3 is 10.6 Å². The summed E-state index contributed by atoms with van der Waals surface area (Å²) in [5.41, 5.74) is 2.55. The number of carbonyl (C=O) groups is 2. The van der Waals surface area contributed by atoms with Gasteiger partial charge in [-0.15, -0.1) is 0 Å². The van der Waals surface area contributed by atoms with Crippen LogP contribution in [0.2, 0.25) is 0 Å². The summed E-state index contributed by atoms with van der Waals surface area (Å²) in [6, 6.07) is 8.03. The SMILES string of the molecule is CC[C@@H](C)c1ccc([C@@H]([NH2+][C@@H](C)C(=O)NC(=O)NC)C(C)C)cc1. The van der Waals surface area contributed by atoms with Crippen molar-refractivity contribution in [2.24, 2.45) is 5.92 Å². The van der Waals surface area contributed by atoms with Crippen molar-refractivity contribution in [3.05, 3.63) is 35.4 Å². The number of quaternary nitrogens is 1. The molecule has 0 heterocycles. The van der Waals surface area contributed by atoms with E-state index in [-0.39, 0.29) is 18.0 Å². The summed E-state index contributed by atoms with van der Waals surface area (Å²) < 4.78 is 0. The quantitative estimate of drug-likeness (QED) is 0.716. The molecule has 5 heteroatoms. The zero-order valence-electron chi connectivity index (χ0n) is 15.7. The molecule has 0 saturated heterocycles. The van der Waals surface area contributed by atoms with Gasteiger partial charge in [0.2, 0.25) is 0 Å². The third-order valence-electron chi connectivity index (χ3n) is 4.59. The molecule has 0 radical (unpaired) electrons. The normalized spacial score (nSPS) is 14.8. The number of nitrogens with two attached hydrogens (primary N) is 1. The summed E-state index contributed by atoms with van der Waals surface area (Å²) in [5, 5.41) is 6.76. The Hall–Kier alpha value is -1.88. The summed E-state index contributed by atoms with van der Waals surface area (Å²) in [7, 11) is 1.49. The smallest absolute Gasteiger partial charge is 0.321 e. The van der Waals surface area contributed by atoms with Crippen LogP contribution in [0.1, 0.15) is 64.1 Å². The fraction of sp³-hybridized carbons (Fsp3) is 0.579. The van der Waals surface area contributed by atoms with Crippen LogP contribution in [-0.2, 0) is 4.79 Å². The molecule has 24 heavy (non-hydrogen) atoms. The van der Waals surface area contributed by atoms with E-state index in [1.807, 2.05) is 12.2 Å². The van der Waals surface area contributed by atoms with E-state index in [4.69, 9.17) is 0 Å². The first-order valence-corrected chi connectivity index (χ1v) is 8.77. The highest BCUT2D eigenvalue weighted by atomic mass is 16.2. The van der Waals surface area contributed by atoms with Crippen LogP contribution >= 0.6 is 0 Å². The topological polar surface area (TPSA) is 74.8 Å². The molecule has 0 aliphatic rings. The molecule has 0 aliphatic carbocycles. The summed E-state index contributed by atoms with van der Waals surface area (Å²) in [6.45, 7) is 10.5. The van der Waals surface area contributed by atoms with E-state index in [9.17, 15) is 9.59 Å². The number of amides is 3. The Labute approximate surface area is 145 Å². The molecule has 1 aromatic carbocycles. The number of nitrogens with one attached hydrogen (secondary N) is 2. The monoisotopic (exact) mass is 334 g/mol. The first-order valence-electron chi connectivity index (χ1n) is 8.77. The second-order valence-electron chi connectivity index (χ2n) is 6.80.